The molecule has 0 unspecified atom stereocenters. The molecule has 8 heteroatoms. The minimum atomic E-state index is -4.45. The lowest BCUT2D eigenvalue weighted by molar-refractivity contribution is -0.137. The van der Waals surface area contributed by atoms with Crippen LogP contribution in [0.15, 0.2) is 60.7 Å². The molecule has 0 saturated carbocycles. The summed E-state index contributed by atoms with van der Waals surface area (Å²) in [5.74, 6) is 0.289. The summed E-state index contributed by atoms with van der Waals surface area (Å²) in [5, 5.41) is 19.4. The van der Waals surface area contributed by atoms with Crippen molar-refractivity contribution in [1.29, 1.82) is 0 Å². The summed E-state index contributed by atoms with van der Waals surface area (Å²) in [4.78, 5) is 1.93. The third-order valence-corrected chi connectivity index (χ3v) is 5.43. The van der Waals surface area contributed by atoms with Gasteiger partial charge in [0.25, 0.3) is 0 Å². The van der Waals surface area contributed by atoms with Gasteiger partial charge in [0.15, 0.2) is 5.82 Å². The van der Waals surface area contributed by atoms with Crippen LogP contribution in [0, 0.1) is 5.82 Å². The molecule has 3 aromatic rings. The Balaban J connectivity index is 1.46. The van der Waals surface area contributed by atoms with Crippen LogP contribution in [0.2, 0.25) is 0 Å². The van der Waals surface area contributed by atoms with Crippen molar-refractivity contribution in [3.05, 3.63) is 77.6 Å². The second-order valence-electron chi connectivity index (χ2n) is 7.38. The highest BCUT2D eigenvalue weighted by atomic mass is 19.4. The largest absolute Gasteiger partial charge is 0.416 e. The summed E-state index contributed by atoms with van der Waals surface area (Å²) in [6.45, 7) is 0.856. The standard InChI is InChI=1S/C22H19F4N3O/c23-18-6-4-15(5-7-18)19-8-9-20(28-27-19)29-12-10-21(30,11-13-29)16-2-1-3-17(14-16)22(24,25)26/h1-9,14,30H,10-13H2. The van der Waals surface area contributed by atoms with E-state index in [2.05, 4.69) is 10.2 Å². The lowest BCUT2D eigenvalue weighted by Gasteiger charge is -2.39. The molecule has 2 aromatic carbocycles. The highest BCUT2D eigenvalue weighted by Crippen LogP contribution is 2.37. The minimum absolute atomic E-state index is 0.273. The molecular weight excluding hydrogens is 398 g/mol. The Labute approximate surface area is 170 Å². The Morgan fingerprint density at radius 3 is 2.20 bits per heavy atom. The van der Waals surface area contributed by atoms with Gasteiger partial charge in [-0.15, -0.1) is 10.2 Å². The number of aromatic nitrogens is 2. The van der Waals surface area contributed by atoms with Crippen molar-refractivity contribution in [3.63, 3.8) is 0 Å². The highest BCUT2D eigenvalue weighted by molar-refractivity contribution is 5.59. The molecule has 1 aliphatic heterocycles. The van der Waals surface area contributed by atoms with Gasteiger partial charge in [-0.2, -0.15) is 13.2 Å². The van der Waals surface area contributed by atoms with Crippen molar-refractivity contribution in [1.82, 2.24) is 10.2 Å². The van der Waals surface area contributed by atoms with E-state index in [1.54, 1.807) is 24.3 Å². The Bertz CT molecular complexity index is 1010. The van der Waals surface area contributed by atoms with E-state index in [0.717, 1.165) is 17.7 Å². The number of benzene rings is 2. The van der Waals surface area contributed by atoms with Crippen molar-refractivity contribution < 1.29 is 22.7 Å². The topological polar surface area (TPSA) is 49.2 Å². The van der Waals surface area contributed by atoms with Crippen molar-refractivity contribution in [2.24, 2.45) is 0 Å². The first-order chi connectivity index (χ1) is 14.2. The maximum absolute atomic E-state index is 13.1. The number of hydrogen-bond donors (Lipinski definition) is 1. The lowest BCUT2D eigenvalue weighted by Crippen LogP contribution is -2.43. The van der Waals surface area contributed by atoms with Gasteiger partial charge in [0, 0.05) is 18.7 Å². The zero-order valence-corrected chi connectivity index (χ0v) is 15.9. The van der Waals surface area contributed by atoms with Gasteiger partial charge in [0.05, 0.1) is 16.9 Å². The van der Waals surface area contributed by atoms with Gasteiger partial charge in [-0.05, 0) is 66.9 Å². The summed E-state index contributed by atoms with van der Waals surface area (Å²) in [7, 11) is 0. The maximum Gasteiger partial charge on any atom is 0.416 e. The monoisotopic (exact) mass is 417 g/mol. The quantitative estimate of drug-likeness (QED) is 0.623. The van der Waals surface area contributed by atoms with Crippen LogP contribution in [-0.4, -0.2) is 28.4 Å². The van der Waals surface area contributed by atoms with Gasteiger partial charge < -0.3 is 10.0 Å². The maximum atomic E-state index is 13.1. The molecule has 0 spiro atoms. The Hall–Kier alpha value is -3.00. The number of hydrogen-bond acceptors (Lipinski definition) is 4. The van der Waals surface area contributed by atoms with E-state index >= 15 is 0 Å². The number of halogens is 4. The summed E-state index contributed by atoms with van der Waals surface area (Å²) < 4.78 is 52.0. The lowest BCUT2D eigenvalue weighted by atomic mass is 9.83. The van der Waals surface area contributed by atoms with E-state index in [1.165, 1.54) is 24.3 Å². The van der Waals surface area contributed by atoms with Gasteiger partial charge in [0.2, 0.25) is 0 Å². The third kappa shape index (κ3) is 4.14. The third-order valence-electron chi connectivity index (χ3n) is 5.43. The van der Waals surface area contributed by atoms with Crippen molar-refractivity contribution in [3.8, 4) is 11.3 Å². The molecule has 0 radical (unpaired) electrons. The predicted octanol–water partition coefficient (Wildman–Crippen LogP) is 4.79. The molecule has 0 aliphatic carbocycles. The van der Waals surface area contributed by atoms with Gasteiger partial charge in [-0.25, -0.2) is 4.39 Å². The van der Waals surface area contributed by atoms with Crippen LogP contribution >= 0.6 is 0 Å². The van der Waals surface area contributed by atoms with Crippen LogP contribution in [0.4, 0.5) is 23.4 Å². The first-order valence-corrected chi connectivity index (χ1v) is 9.49. The summed E-state index contributed by atoms with van der Waals surface area (Å²) in [5.41, 5.74) is -0.462. The van der Waals surface area contributed by atoms with Crippen molar-refractivity contribution in [2.75, 3.05) is 18.0 Å². The predicted molar refractivity (Wildman–Crippen MR) is 104 cm³/mol. The van der Waals surface area contributed by atoms with E-state index < -0.39 is 17.3 Å². The zero-order chi connectivity index (χ0) is 21.4. The fourth-order valence-corrected chi connectivity index (χ4v) is 3.65. The number of anilines is 1. The van der Waals surface area contributed by atoms with Gasteiger partial charge in [-0.3, -0.25) is 0 Å². The van der Waals surface area contributed by atoms with Gasteiger partial charge in [-0.1, -0.05) is 12.1 Å². The van der Waals surface area contributed by atoms with E-state index in [9.17, 15) is 22.7 Å². The van der Waals surface area contributed by atoms with Crippen LogP contribution in [0.3, 0.4) is 0 Å². The van der Waals surface area contributed by atoms with Crippen molar-refractivity contribution >= 4 is 5.82 Å². The summed E-state index contributed by atoms with van der Waals surface area (Å²) in [6, 6.07) is 14.4. The molecule has 2 heterocycles. The molecule has 1 saturated heterocycles. The van der Waals surface area contributed by atoms with E-state index in [1.807, 2.05) is 4.90 Å². The van der Waals surface area contributed by atoms with Crippen molar-refractivity contribution in [2.45, 2.75) is 24.6 Å². The first-order valence-electron chi connectivity index (χ1n) is 9.49. The van der Waals surface area contributed by atoms with Crippen LogP contribution in [0.25, 0.3) is 11.3 Å². The fraction of sp³-hybridized carbons (Fsp3) is 0.273. The second kappa shape index (κ2) is 7.68. The molecule has 1 fully saturated rings. The summed E-state index contributed by atoms with van der Waals surface area (Å²) >= 11 is 0. The normalized spacial score (nSPS) is 16.5. The number of alkyl halides is 3. The van der Waals surface area contributed by atoms with Gasteiger partial charge in [0.1, 0.15) is 5.82 Å². The molecule has 0 amide bonds. The highest BCUT2D eigenvalue weighted by Gasteiger charge is 2.37. The van der Waals surface area contributed by atoms with Gasteiger partial charge >= 0.3 is 6.18 Å². The molecule has 4 nitrogen and oxygen atoms in total. The molecule has 30 heavy (non-hydrogen) atoms. The van der Waals surface area contributed by atoms with E-state index in [-0.39, 0.29) is 24.2 Å². The van der Waals surface area contributed by atoms with Crippen LogP contribution in [0.1, 0.15) is 24.0 Å². The Morgan fingerprint density at radius 2 is 1.60 bits per heavy atom. The van der Waals surface area contributed by atoms with Crippen LogP contribution < -0.4 is 4.90 Å². The number of nitrogens with zero attached hydrogens (tertiary/aromatic N) is 3. The average Bonchev–Trinajstić information content (AvgIpc) is 2.75. The molecule has 1 aliphatic rings. The Kier molecular flexibility index (Phi) is 5.19. The number of aliphatic hydroxyl groups is 1. The van der Waals surface area contributed by atoms with E-state index in [4.69, 9.17) is 0 Å². The minimum Gasteiger partial charge on any atom is -0.385 e. The average molecular weight is 417 g/mol. The molecule has 0 bridgehead atoms. The second-order valence-corrected chi connectivity index (χ2v) is 7.38. The number of rotatable bonds is 3. The molecule has 0 atom stereocenters. The fourth-order valence-electron chi connectivity index (χ4n) is 3.65. The molecule has 1 N–H and O–H groups in total. The number of piperidine rings is 1. The molecule has 156 valence electrons. The molecule has 1 aromatic heterocycles. The smallest absolute Gasteiger partial charge is 0.385 e. The molecular formula is C22H19F4N3O. The zero-order valence-electron chi connectivity index (χ0n) is 15.9. The SMILES string of the molecule is OC1(c2cccc(C(F)(F)F)c2)CCN(c2ccc(-c3ccc(F)cc3)nn2)CC1. The van der Waals surface area contributed by atoms with E-state index in [0.29, 0.717) is 24.6 Å². The summed E-state index contributed by atoms with van der Waals surface area (Å²) in [6.07, 6.45) is -3.90. The van der Waals surface area contributed by atoms with Crippen LogP contribution in [-0.2, 0) is 11.8 Å². The van der Waals surface area contributed by atoms with Crippen LogP contribution in [0.5, 0.6) is 0 Å². The first kappa shape index (κ1) is 20.3. The molecule has 4 rings (SSSR count). The Morgan fingerprint density at radius 1 is 0.900 bits per heavy atom.